The first-order chi connectivity index (χ1) is 12.3. The summed E-state index contributed by atoms with van der Waals surface area (Å²) < 4.78 is 0. The molecule has 1 fully saturated rings. The van der Waals surface area contributed by atoms with Crippen molar-refractivity contribution in [2.75, 3.05) is 0 Å². The molecule has 0 amide bonds. The molecule has 134 valence electrons. The summed E-state index contributed by atoms with van der Waals surface area (Å²) in [6.45, 7) is 4.56. The van der Waals surface area contributed by atoms with Crippen molar-refractivity contribution >= 4 is 0 Å². The third-order valence-corrected chi connectivity index (χ3v) is 6.00. The Kier molecular flexibility index (Phi) is 6.67. The van der Waals surface area contributed by atoms with Crippen LogP contribution in [0.4, 0.5) is 0 Å². The average Bonchev–Trinajstić information content (AvgIpc) is 2.68. The lowest BCUT2D eigenvalue weighted by Gasteiger charge is -2.27. The van der Waals surface area contributed by atoms with Gasteiger partial charge in [0.25, 0.3) is 0 Å². The molecule has 0 bridgehead atoms. The number of nitrogens with zero attached hydrogens (tertiary/aromatic N) is 1. The highest BCUT2D eigenvalue weighted by atomic mass is 14.7. The molecule has 0 aliphatic heterocycles. The average molecular weight is 336 g/mol. The van der Waals surface area contributed by atoms with Gasteiger partial charge in [0, 0.05) is 11.8 Å². The van der Waals surface area contributed by atoms with Crippen molar-refractivity contribution in [3.63, 3.8) is 0 Å². The van der Waals surface area contributed by atoms with Crippen molar-refractivity contribution in [1.82, 2.24) is 4.98 Å². The summed E-state index contributed by atoms with van der Waals surface area (Å²) in [5, 5.41) is 0. The quantitative estimate of drug-likeness (QED) is 0.539. The minimum absolute atomic E-state index is 0.954. The van der Waals surface area contributed by atoms with Gasteiger partial charge in [-0.25, -0.2) is 0 Å². The van der Waals surface area contributed by atoms with Crippen molar-refractivity contribution in [3.8, 4) is 11.3 Å². The summed E-state index contributed by atoms with van der Waals surface area (Å²) in [4.78, 5) is 4.63. The number of hydrogen-bond acceptors (Lipinski definition) is 1. The maximum Gasteiger partial charge on any atom is 0.0702 e. The number of pyridine rings is 1. The van der Waals surface area contributed by atoms with Crippen molar-refractivity contribution in [1.29, 1.82) is 0 Å². The largest absolute Gasteiger partial charge is 0.256 e. The van der Waals surface area contributed by atoms with Crippen molar-refractivity contribution in [2.24, 2.45) is 11.8 Å². The third-order valence-electron chi connectivity index (χ3n) is 6.00. The Hall–Kier alpha value is -1.63. The Labute approximate surface area is 153 Å². The van der Waals surface area contributed by atoms with E-state index in [4.69, 9.17) is 0 Å². The minimum Gasteiger partial charge on any atom is -0.256 e. The number of rotatable bonds is 7. The molecule has 1 heteroatoms. The second-order valence-corrected chi connectivity index (χ2v) is 7.83. The van der Waals surface area contributed by atoms with Gasteiger partial charge in [-0.2, -0.15) is 0 Å². The fourth-order valence-corrected chi connectivity index (χ4v) is 4.17. The van der Waals surface area contributed by atoms with Crippen LogP contribution in [0.3, 0.4) is 0 Å². The molecule has 0 unspecified atom stereocenters. The molecule has 0 N–H and O–H groups in total. The van der Waals surface area contributed by atoms with Crippen LogP contribution < -0.4 is 0 Å². The zero-order valence-electron chi connectivity index (χ0n) is 16.0. The molecule has 1 nitrogen and oxygen atoms in total. The third kappa shape index (κ3) is 5.17. The lowest BCUT2D eigenvalue weighted by atomic mass is 9.78. The first-order valence-electron chi connectivity index (χ1n) is 10.3. The predicted molar refractivity (Wildman–Crippen MR) is 108 cm³/mol. The van der Waals surface area contributed by atoms with Gasteiger partial charge in [0.1, 0.15) is 0 Å². The van der Waals surface area contributed by atoms with Gasteiger partial charge in [-0.1, -0.05) is 82.7 Å². The van der Waals surface area contributed by atoms with Crippen molar-refractivity contribution in [3.05, 3.63) is 53.7 Å². The molecule has 1 aromatic carbocycles. The fourth-order valence-electron chi connectivity index (χ4n) is 4.17. The Morgan fingerprint density at radius 3 is 2.08 bits per heavy atom. The molecule has 0 spiro atoms. The van der Waals surface area contributed by atoms with Crippen LogP contribution in [0.5, 0.6) is 0 Å². The van der Waals surface area contributed by atoms with Crippen molar-refractivity contribution in [2.45, 2.75) is 71.6 Å². The Morgan fingerprint density at radius 1 is 0.800 bits per heavy atom. The molecule has 1 heterocycles. The molecule has 0 radical (unpaired) electrons. The molecule has 25 heavy (non-hydrogen) atoms. The van der Waals surface area contributed by atoms with E-state index in [2.05, 4.69) is 55.2 Å². The molecule has 1 aliphatic rings. The smallest absolute Gasteiger partial charge is 0.0702 e. The maximum atomic E-state index is 4.63. The van der Waals surface area contributed by atoms with Crippen LogP contribution in [0.25, 0.3) is 11.3 Å². The number of aryl methyl sites for hydroxylation is 2. The van der Waals surface area contributed by atoms with E-state index in [1.54, 1.807) is 0 Å². The van der Waals surface area contributed by atoms with E-state index in [0.717, 1.165) is 24.0 Å². The fraction of sp³-hybridized carbons (Fsp3) is 0.542. The van der Waals surface area contributed by atoms with E-state index in [9.17, 15) is 0 Å². The van der Waals surface area contributed by atoms with Gasteiger partial charge < -0.3 is 0 Å². The molecule has 0 saturated heterocycles. The van der Waals surface area contributed by atoms with Crippen LogP contribution in [0.2, 0.25) is 0 Å². The predicted octanol–water partition coefficient (Wildman–Crippen LogP) is 6.85. The van der Waals surface area contributed by atoms with Gasteiger partial charge in [-0.3, -0.25) is 4.98 Å². The molecule has 0 atom stereocenters. The molecule has 1 aromatic heterocycles. The zero-order chi connectivity index (χ0) is 17.5. The van der Waals surface area contributed by atoms with Crippen LogP contribution in [0, 0.1) is 11.8 Å². The second kappa shape index (κ2) is 9.17. The highest BCUT2D eigenvalue weighted by Crippen LogP contribution is 2.33. The number of benzene rings is 1. The standard InChI is InChI=1S/C24H33N/c1-3-5-22-14-17-24(25-18-22)23-15-12-21(13-16-23)11-10-20-8-6-19(4-2)7-9-20/h12-20H,3-11H2,1-2H3. The summed E-state index contributed by atoms with van der Waals surface area (Å²) in [5.74, 6) is 1.96. The summed E-state index contributed by atoms with van der Waals surface area (Å²) in [6, 6.07) is 13.5. The second-order valence-electron chi connectivity index (χ2n) is 7.83. The molecule has 2 aromatic rings. The summed E-state index contributed by atoms with van der Waals surface area (Å²) in [7, 11) is 0. The SMILES string of the molecule is CCCc1ccc(-c2ccc(CCC3CCC(CC)CC3)cc2)nc1. The van der Waals surface area contributed by atoms with E-state index in [1.807, 2.05) is 6.20 Å². The van der Waals surface area contributed by atoms with Crippen LogP contribution in [-0.2, 0) is 12.8 Å². The van der Waals surface area contributed by atoms with Gasteiger partial charge in [0.05, 0.1) is 5.69 Å². The molecule has 1 saturated carbocycles. The summed E-state index contributed by atoms with van der Waals surface area (Å²) in [6.07, 6.45) is 14.1. The minimum atomic E-state index is 0.954. The van der Waals surface area contributed by atoms with Crippen LogP contribution in [0.1, 0.15) is 69.9 Å². The normalized spacial score (nSPS) is 20.6. The zero-order valence-corrected chi connectivity index (χ0v) is 16.0. The lowest BCUT2D eigenvalue weighted by Crippen LogP contribution is -2.14. The topological polar surface area (TPSA) is 12.9 Å². The summed E-state index contributed by atoms with van der Waals surface area (Å²) >= 11 is 0. The van der Waals surface area contributed by atoms with E-state index in [0.29, 0.717) is 0 Å². The molecular weight excluding hydrogens is 302 g/mol. The lowest BCUT2D eigenvalue weighted by molar-refractivity contribution is 0.259. The maximum absolute atomic E-state index is 4.63. The Balaban J connectivity index is 1.52. The van der Waals surface area contributed by atoms with Crippen molar-refractivity contribution < 1.29 is 0 Å². The van der Waals surface area contributed by atoms with Gasteiger partial charge in [0.15, 0.2) is 0 Å². The van der Waals surface area contributed by atoms with Crippen LogP contribution >= 0.6 is 0 Å². The Bertz CT molecular complexity index is 618. The first-order valence-corrected chi connectivity index (χ1v) is 10.3. The van der Waals surface area contributed by atoms with E-state index in [1.165, 1.54) is 68.1 Å². The number of aromatic nitrogens is 1. The monoisotopic (exact) mass is 335 g/mol. The van der Waals surface area contributed by atoms with Gasteiger partial charge in [-0.05, 0) is 48.3 Å². The van der Waals surface area contributed by atoms with Gasteiger partial charge in [0.2, 0.25) is 0 Å². The Morgan fingerprint density at radius 2 is 1.48 bits per heavy atom. The molecule has 1 aliphatic carbocycles. The van der Waals surface area contributed by atoms with Crippen LogP contribution in [-0.4, -0.2) is 4.98 Å². The van der Waals surface area contributed by atoms with Gasteiger partial charge >= 0.3 is 0 Å². The molecular formula is C24H33N. The molecule has 3 rings (SSSR count). The van der Waals surface area contributed by atoms with Gasteiger partial charge in [-0.15, -0.1) is 0 Å². The first kappa shape index (κ1) is 18.2. The van der Waals surface area contributed by atoms with E-state index in [-0.39, 0.29) is 0 Å². The summed E-state index contributed by atoms with van der Waals surface area (Å²) in [5.41, 5.74) is 5.13. The van der Waals surface area contributed by atoms with E-state index < -0.39 is 0 Å². The number of hydrogen-bond donors (Lipinski definition) is 0. The highest BCUT2D eigenvalue weighted by Gasteiger charge is 2.19. The highest BCUT2D eigenvalue weighted by molar-refractivity contribution is 5.59. The van der Waals surface area contributed by atoms with E-state index >= 15 is 0 Å². The van der Waals surface area contributed by atoms with Crippen LogP contribution in [0.15, 0.2) is 42.6 Å².